The van der Waals surface area contributed by atoms with Gasteiger partial charge in [-0.25, -0.2) is 4.98 Å². The lowest BCUT2D eigenvalue weighted by atomic mass is 10.1. The van der Waals surface area contributed by atoms with Crippen molar-refractivity contribution in [2.24, 2.45) is 0 Å². The van der Waals surface area contributed by atoms with E-state index >= 15 is 0 Å². The number of benzene rings is 2. The summed E-state index contributed by atoms with van der Waals surface area (Å²) in [6.45, 7) is 1.95. The lowest BCUT2D eigenvalue weighted by Crippen LogP contribution is -2.26. The maximum atomic E-state index is 12.6. The average Bonchev–Trinajstić information content (AvgIpc) is 2.69. The number of nitrogens with zero attached hydrogens (tertiary/aromatic N) is 1. The number of nitrogens with one attached hydrogen (secondary N) is 2. The van der Waals surface area contributed by atoms with Gasteiger partial charge in [0.05, 0.1) is 18.8 Å². The smallest absolute Gasteiger partial charge is 0.251 e. The molecule has 5 nitrogen and oxygen atoms in total. The lowest BCUT2D eigenvalue weighted by Gasteiger charge is -2.15. The summed E-state index contributed by atoms with van der Waals surface area (Å²) in [5, 5.41) is 6.71. The van der Waals surface area contributed by atoms with Gasteiger partial charge in [-0.3, -0.25) is 4.79 Å². The fourth-order valence-electron chi connectivity index (χ4n) is 2.66. The highest BCUT2D eigenvalue weighted by atomic mass is 35.5. The number of rotatable bonds is 6. The second-order valence-electron chi connectivity index (χ2n) is 6.01. The Morgan fingerprint density at radius 1 is 1.11 bits per heavy atom. The number of ether oxygens (including phenoxy) is 1. The topological polar surface area (TPSA) is 63.2 Å². The fraction of sp³-hybridized carbons (Fsp3) is 0.143. The number of carbonyl (C=O) groups is 1. The van der Waals surface area contributed by atoms with Gasteiger partial charge in [-0.1, -0.05) is 41.9 Å². The summed E-state index contributed by atoms with van der Waals surface area (Å²) in [7, 11) is 1.58. The summed E-state index contributed by atoms with van der Waals surface area (Å²) in [4.78, 5) is 16.9. The highest BCUT2D eigenvalue weighted by Crippen LogP contribution is 2.30. The molecule has 2 aromatic carbocycles. The zero-order valence-electron chi connectivity index (χ0n) is 15.1. The number of hydrogen-bond acceptors (Lipinski definition) is 4. The van der Waals surface area contributed by atoms with Crippen molar-refractivity contribution in [1.29, 1.82) is 0 Å². The first-order valence-electron chi connectivity index (χ1n) is 8.49. The van der Waals surface area contributed by atoms with Crippen molar-refractivity contribution < 1.29 is 9.53 Å². The van der Waals surface area contributed by atoms with Gasteiger partial charge in [-0.2, -0.15) is 0 Å². The Bertz CT molecular complexity index is 932. The molecular weight excluding hydrogens is 362 g/mol. The summed E-state index contributed by atoms with van der Waals surface area (Å²) in [6, 6.07) is 18.3. The van der Waals surface area contributed by atoms with Crippen molar-refractivity contribution in [3.8, 4) is 5.75 Å². The van der Waals surface area contributed by atoms with Crippen LogP contribution in [0.15, 0.2) is 66.9 Å². The Kier molecular flexibility index (Phi) is 5.94. The van der Waals surface area contributed by atoms with Gasteiger partial charge in [0.2, 0.25) is 0 Å². The lowest BCUT2D eigenvalue weighted by molar-refractivity contribution is 0.0940. The molecule has 3 rings (SSSR count). The van der Waals surface area contributed by atoms with Gasteiger partial charge in [0.15, 0.2) is 0 Å². The quantitative estimate of drug-likeness (QED) is 0.632. The van der Waals surface area contributed by atoms with Gasteiger partial charge in [0.1, 0.15) is 11.6 Å². The van der Waals surface area contributed by atoms with E-state index < -0.39 is 0 Å². The molecule has 0 fully saturated rings. The van der Waals surface area contributed by atoms with Gasteiger partial charge in [-0.15, -0.1) is 0 Å². The number of carbonyl (C=O) groups excluding carboxylic acids is 1. The Balaban J connectivity index is 1.75. The minimum absolute atomic E-state index is 0.101. The summed E-state index contributed by atoms with van der Waals surface area (Å²) in [5.41, 5.74) is 2.23. The number of aromatic nitrogens is 1. The molecule has 0 aliphatic carbocycles. The number of methoxy groups -OCH3 is 1. The molecular formula is C21H20ClN3O2. The van der Waals surface area contributed by atoms with Crippen LogP contribution in [0.5, 0.6) is 5.75 Å². The predicted octanol–water partition coefficient (Wildman–Crippen LogP) is 4.98. The molecule has 3 aromatic rings. The molecule has 0 radical (unpaired) electrons. The highest BCUT2D eigenvalue weighted by molar-refractivity contribution is 6.31. The van der Waals surface area contributed by atoms with Crippen molar-refractivity contribution in [2.75, 3.05) is 12.4 Å². The molecule has 138 valence electrons. The van der Waals surface area contributed by atoms with E-state index in [9.17, 15) is 4.79 Å². The molecule has 1 aromatic heterocycles. The second-order valence-corrected chi connectivity index (χ2v) is 6.44. The molecule has 0 aliphatic rings. The van der Waals surface area contributed by atoms with Crippen LogP contribution in [0, 0.1) is 0 Å². The third-order valence-corrected chi connectivity index (χ3v) is 4.33. The van der Waals surface area contributed by atoms with E-state index in [1.54, 1.807) is 43.6 Å². The fourth-order valence-corrected chi connectivity index (χ4v) is 2.83. The standard InChI is InChI=1S/C21H20ClN3O2/c1-14(15-6-4-3-5-7-15)24-21(26)16-10-11-23-20(12-16)25-18-13-17(22)8-9-19(18)27-2/h3-14H,1-2H3,(H,23,25)(H,24,26). The van der Waals surface area contributed by atoms with Gasteiger partial charge in [0, 0.05) is 16.8 Å². The summed E-state index contributed by atoms with van der Waals surface area (Å²) < 4.78 is 5.32. The minimum atomic E-state index is -0.171. The average molecular weight is 382 g/mol. The van der Waals surface area contributed by atoms with Crippen LogP contribution in [-0.4, -0.2) is 18.0 Å². The first-order chi connectivity index (χ1) is 13.1. The molecule has 1 unspecified atom stereocenters. The molecule has 0 bridgehead atoms. The van der Waals surface area contributed by atoms with Crippen molar-refractivity contribution in [1.82, 2.24) is 10.3 Å². The van der Waals surface area contributed by atoms with Crippen LogP contribution in [0.25, 0.3) is 0 Å². The van der Waals surface area contributed by atoms with Crippen LogP contribution < -0.4 is 15.4 Å². The molecule has 6 heteroatoms. The van der Waals surface area contributed by atoms with E-state index in [0.29, 0.717) is 27.8 Å². The first kappa shape index (κ1) is 18.7. The largest absolute Gasteiger partial charge is 0.495 e. The number of hydrogen-bond donors (Lipinski definition) is 2. The number of pyridine rings is 1. The molecule has 1 amide bonds. The molecule has 27 heavy (non-hydrogen) atoms. The Hall–Kier alpha value is -3.05. The van der Waals surface area contributed by atoms with Crippen molar-refractivity contribution in [2.45, 2.75) is 13.0 Å². The van der Waals surface area contributed by atoms with Crippen LogP contribution in [0.4, 0.5) is 11.5 Å². The van der Waals surface area contributed by atoms with E-state index in [4.69, 9.17) is 16.3 Å². The Morgan fingerprint density at radius 3 is 2.63 bits per heavy atom. The molecule has 1 heterocycles. The summed E-state index contributed by atoms with van der Waals surface area (Å²) in [6.07, 6.45) is 1.58. The van der Waals surface area contributed by atoms with Gasteiger partial charge in [0.25, 0.3) is 5.91 Å². The van der Waals surface area contributed by atoms with Crippen molar-refractivity contribution >= 4 is 29.0 Å². The molecule has 2 N–H and O–H groups in total. The van der Waals surface area contributed by atoms with E-state index in [1.165, 1.54) is 0 Å². The van der Waals surface area contributed by atoms with Crippen molar-refractivity contribution in [3.05, 3.63) is 83.0 Å². The normalized spacial score (nSPS) is 11.5. The number of amides is 1. The van der Waals surface area contributed by atoms with Crippen LogP contribution in [0.1, 0.15) is 28.9 Å². The predicted molar refractivity (Wildman–Crippen MR) is 108 cm³/mol. The van der Waals surface area contributed by atoms with Crippen LogP contribution in [0.3, 0.4) is 0 Å². The van der Waals surface area contributed by atoms with E-state index in [-0.39, 0.29) is 11.9 Å². The highest BCUT2D eigenvalue weighted by Gasteiger charge is 2.13. The molecule has 0 saturated carbocycles. The number of anilines is 2. The summed E-state index contributed by atoms with van der Waals surface area (Å²) in [5.74, 6) is 0.985. The summed E-state index contributed by atoms with van der Waals surface area (Å²) >= 11 is 6.06. The maximum Gasteiger partial charge on any atom is 0.251 e. The van der Waals surface area contributed by atoms with Crippen LogP contribution in [0.2, 0.25) is 5.02 Å². The van der Waals surface area contributed by atoms with Crippen LogP contribution >= 0.6 is 11.6 Å². The molecule has 1 atom stereocenters. The van der Waals surface area contributed by atoms with Crippen LogP contribution in [-0.2, 0) is 0 Å². The van der Waals surface area contributed by atoms with Gasteiger partial charge >= 0.3 is 0 Å². The maximum absolute atomic E-state index is 12.6. The second kappa shape index (κ2) is 8.56. The third kappa shape index (κ3) is 4.77. The molecule has 0 aliphatic heterocycles. The SMILES string of the molecule is COc1ccc(Cl)cc1Nc1cc(C(=O)NC(C)c2ccccc2)ccn1. The monoisotopic (exact) mass is 381 g/mol. The molecule has 0 saturated heterocycles. The first-order valence-corrected chi connectivity index (χ1v) is 8.87. The van der Waals surface area contributed by atoms with E-state index in [2.05, 4.69) is 15.6 Å². The number of halogens is 1. The third-order valence-electron chi connectivity index (χ3n) is 4.09. The molecule has 0 spiro atoms. The zero-order valence-corrected chi connectivity index (χ0v) is 15.8. The van der Waals surface area contributed by atoms with Crippen molar-refractivity contribution in [3.63, 3.8) is 0 Å². The minimum Gasteiger partial charge on any atom is -0.495 e. The Morgan fingerprint density at radius 2 is 1.89 bits per heavy atom. The van der Waals surface area contributed by atoms with E-state index in [1.807, 2.05) is 37.3 Å². The Labute approximate surface area is 163 Å². The van der Waals surface area contributed by atoms with Gasteiger partial charge in [-0.05, 0) is 42.8 Å². The van der Waals surface area contributed by atoms with Gasteiger partial charge < -0.3 is 15.4 Å². The van der Waals surface area contributed by atoms with E-state index in [0.717, 1.165) is 5.56 Å². The zero-order chi connectivity index (χ0) is 19.2.